The highest BCUT2D eigenvalue weighted by Crippen LogP contribution is 2.55. The molecule has 3 nitrogen and oxygen atoms in total. The van der Waals surface area contributed by atoms with Gasteiger partial charge in [0.1, 0.15) is 11.9 Å². The van der Waals surface area contributed by atoms with Crippen LogP contribution in [0.15, 0.2) is 36.1 Å². The monoisotopic (exact) mass is 332 g/mol. The van der Waals surface area contributed by atoms with Gasteiger partial charge in [-0.15, -0.1) is 0 Å². The number of esters is 1. The molecule has 4 atom stereocenters. The van der Waals surface area contributed by atoms with Crippen molar-refractivity contribution in [2.24, 2.45) is 17.3 Å². The summed E-state index contributed by atoms with van der Waals surface area (Å²) in [7, 11) is 0. The van der Waals surface area contributed by atoms with Crippen LogP contribution in [0.5, 0.6) is 0 Å². The molecule has 0 aromatic heterocycles. The lowest BCUT2D eigenvalue weighted by Crippen LogP contribution is -2.41. The molecular formula is C21H32O3. The SMILES string of the molecule is C=C(/C=C/C[C@H](C)C1=CCC2[C@@H](OC(C)=O)CCC[C@]12C)OCC. The van der Waals surface area contributed by atoms with E-state index in [-0.39, 0.29) is 17.5 Å². The van der Waals surface area contributed by atoms with Crippen LogP contribution in [0.25, 0.3) is 0 Å². The molecule has 1 unspecified atom stereocenters. The van der Waals surface area contributed by atoms with Crippen molar-refractivity contribution in [1.29, 1.82) is 0 Å². The van der Waals surface area contributed by atoms with Crippen molar-refractivity contribution in [1.82, 2.24) is 0 Å². The second-order valence-electron chi connectivity index (χ2n) is 7.40. The first-order valence-corrected chi connectivity index (χ1v) is 9.24. The summed E-state index contributed by atoms with van der Waals surface area (Å²) in [5.74, 6) is 1.50. The van der Waals surface area contributed by atoms with E-state index in [1.807, 2.05) is 13.0 Å². The molecule has 0 amide bonds. The Morgan fingerprint density at radius 3 is 2.96 bits per heavy atom. The Labute approximate surface area is 146 Å². The van der Waals surface area contributed by atoms with Gasteiger partial charge in [-0.1, -0.05) is 38.2 Å². The van der Waals surface area contributed by atoms with E-state index >= 15 is 0 Å². The molecular weight excluding hydrogens is 300 g/mol. The Hall–Kier alpha value is -1.51. The summed E-state index contributed by atoms with van der Waals surface area (Å²) in [4.78, 5) is 11.4. The second-order valence-corrected chi connectivity index (χ2v) is 7.40. The average molecular weight is 332 g/mol. The van der Waals surface area contributed by atoms with E-state index < -0.39 is 0 Å². The quantitative estimate of drug-likeness (QED) is 0.279. The Balaban J connectivity index is 2.01. The fourth-order valence-corrected chi connectivity index (χ4v) is 4.61. The predicted octanol–water partition coefficient (Wildman–Crippen LogP) is 5.19. The van der Waals surface area contributed by atoms with Crippen molar-refractivity contribution < 1.29 is 14.3 Å². The number of rotatable bonds is 7. The lowest BCUT2D eigenvalue weighted by atomic mass is 9.63. The van der Waals surface area contributed by atoms with E-state index in [1.165, 1.54) is 18.9 Å². The van der Waals surface area contributed by atoms with Crippen molar-refractivity contribution in [3.05, 3.63) is 36.1 Å². The third-order valence-electron chi connectivity index (χ3n) is 5.67. The van der Waals surface area contributed by atoms with Gasteiger partial charge in [0.15, 0.2) is 0 Å². The zero-order chi connectivity index (χ0) is 17.7. The molecule has 0 aromatic carbocycles. The van der Waals surface area contributed by atoms with E-state index in [0.29, 0.717) is 18.4 Å². The Morgan fingerprint density at radius 1 is 1.54 bits per heavy atom. The molecule has 1 fully saturated rings. The van der Waals surface area contributed by atoms with Gasteiger partial charge in [0.05, 0.1) is 6.61 Å². The molecule has 1 saturated carbocycles. The summed E-state index contributed by atoms with van der Waals surface area (Å²) in [5, 5.41) is 0. The number of hydrogen-bond donors (Lipinski definition) is 0. The standard InChI is InChI=1S/C21H32O3/c1-6-23-16(3)10-7-9-15(2)18-12-13-19-20(24-17(4)22)11-8-14-21(18,19)5/h7,10,12,15,19-20H,3,6,8-9,11,13-14H2,1-2,4-5H3/b10-7+/t15-,19?,20-,21+/m0/s1. The molecule has 0 bridgehead atoms. The topological polar surface area (TPSA) is 35.5 Å². The highest BCUT2D eigenvalue weighted by atomic mass is 16.5. The molecule has 0 aliphatic heterocycles. The summed E-state index contributed by atoms with van der Waals surface area (Å²) < 4.78 is 11.0. The molecule has 2 aliphatic rings. The number of allylic oxidation sites excluding steroid dienone is 4. The average Bonchev–Trinajstić information content (AvgIpc) is 2.85. The van der Waals surface area contributed by atoms with Gasteiger partial charge in [-0.05, 0) is 56.4 Å². The van der Waals surface area contributed by atoms with Crippen LogP contribution < -0.4 is 0 Å². The van der Waals surface area contributed by atoms with Gasteiger partial charge in [-0.3, -0.25) is 4.79 Å². The molecule has 0 radical (unpaired) electrons. The first kappa shape index (κ1) is 18.8. The highest BCUT2D eigenvalue weighted by Gasteiger charge is 2.49. The van der Waals surface area contributed by atoms with Crippen LogP contribution in [0.3, 0.4) is 0 Å². The van der Waals surface area contributed by atoms with E-state index in [9.17, 15) is 4.79 Å². The van der Waals surface area contributed by atoms with Crippen molar-refractivity contribution in [2.45, 2.75) is 65.9 Å². The third-order valence-corrected chi connectivity index (χ3v) is 5.67. The zero-order valence-corrected chi connectivity index (χ0v) is 15.6. The van der Waals surface area contributed by atoms with Gasteiger partial charge >= 0.3 is 5.97 Å². The first-order chi connectivity index (χ1) is 11.4. The van der Waals surface area contributed by atoms with Gasteiger partial charge in [-0.2, -0.15) is 0 Å². The summed E-state index contributed by atoms with van der Waals surface area (Å²) in [6, 6.07) is 0. The molecule has 0 spiro atoms. The summed E-state index contributed by atoms with van der Waals surface area (Å²) in [5.41, 5.74) is 1.71. The normalized spacial score (nSPS) is 30.6. The zero-order valence-electron chi connectivity index (χ0n) is 15.6. The van der Waals surface area contributed by atoms with Crippen molar-refractivity contribution in [3.63, 3.8) is 0 Å². The van der Waals surface area contributed by atoms with Crippen molar-refractivity contribution in [3.8, 4) is 0 Å². The van der Waals surface area contributed by atoms with Gasteiger partial charge < -0.3 is 9.47 Å². The first-order valence-electron chi connectivity index (χ1n) is 9.24. The van der Waals surface area contributed by atoms with E-state index in [2.05, 4.69) is 32.6 Å². The van der Waals surface area contributed by atoms with Crippen molar-refractivity contribution in [2.75, 3.05) is 6.61 Å². The summed E-state index contributed by atoms with van der Waals surface area (Å²) in [6.45, 7) is 12.7. The maximum Gasteiger partial charge on any atom is 0.302 e. The highest BCUT2D eigenvalue weighted by molar-refractivity contribution is 5.66. The van der Waals surface area contributed by atoms with Gasteiger partial charge in [0.25, 0.3) is 0 Å². The smallest absolute Gasteiger partial charge is 0.302 e. The minimum atomic E-state index is -0.150. The van der Waals surface area contributed by atoms with Crippen LogP contribution >= 0.6 is 0 Å². The molecule has 0 heterocycles. The van der Waals surface area contributed by atoms with Crippen LogP contribution in [0, 0.1) is 17.3 Å². The Kier molecular flexibility index (Phi) is 6.31. The summed E-state index contributed by atoms with van der Waals surface area (Å²) >= 11 is 0. The molecule has 2 aliphatic carbocycles. The minimum absolute atomic E-state index is 0.0791. The van der Waals surface area contributed by atoms with Gasteiger partial charge in [-0.25, -0.2) is 0 Å². The van der Waals surface area contributed by atoms with Crippen LogP contribution in [0.4, 0.5) is 0 Å². The fraction of sp³-hybridized carbons (Fsp3) is 0.667. The number of fused-ring (bicyclic) bond motifs is 1. The van der Waals surface area contributed by atoms with Crippen LogP contribution in [-0.4, -0.2) is 18.7 Å². The third kappa shape index (κ3) is 4.12. The van der Waals surface area contributed by atoms with E-state index in [0.717, 1.165) is 31.4 Å². The van der Waals surface area contributed by atoms with Crippen LogP contribution in [0.2, 0.25) is 0 Å². The maximum absolute atomic E-state index is 11.4. The summed E-state index contributed by atoms with van der Waals surface area (Å²) in [6.07, 6.45) is 12.0. The van der Waals surface area contributed by atoms with Gasteiger partial charge in [0, 0.05) is 12.8 Å². The number of ether oxygens (including phenoxy) is 2. The molecule has 2 rings (SSSR count). The van der Waals surface area contributed by atoms with E-state index in [1.54, 1.807) is 0 Å². The molecule has 134 valence electrons. The number of carbonyl (C=O) groups excluding carboxylic acids is 1. The second kappa shape index (κ2) is 8.04. The largest absolute Gasteiger partial charge is 0.495 e. The van der Waals surface area contributed by atoms with Crippen molar-refractivity contribution >= 4 is 5.97 Å². The lowest BCUT2D eigenvalue weighted by Gasteiger charge is -2.44. The molecule has 24 heavy (non-hydrogen) atoms. The Morgan fingerprint density at radius 2 is 2.29 bits per heavy atom. The molecule has 0 N–H and O–H groups in total. The van der Waals surface area contributed by atoms with Gasteiger partial charge in [0.2, 0.25) is 0 Å². The predicted molar refractivity (Wildman–Crippen MR) is 97.4 cm³/mol. The number of hydrogen-bond acceptors (Lipinski definition) is 3. The molecule has 0 aromatic rings. The maximum atomic E-state index is 11.4. The molecule has 3 heteroatoms. The van der Waals surface area contributed by atoms with Crippen LogP contribution in [0.1, 0.15) is 59.8 Å². The molecule has 0 saturated heterocycles. The van der Waals surface area contributed by atoms with E-state index in [4.69, 9.17) is 9.47 Å². The lowest BCUT2D eigenvalue weighted by molar-refractivity contribution is -0.153. The minimum Gasteiger partial charge on any atom is -0.495 e. The Bertz CT molecular complexity index is 531. The van der Waals surface area contributed by atoms with Crippen LogP contribution in [-0.2, 0) is 14.3 Å². The number of carbonyl (C=O) groups is 1. The fourth-order valence-electron chi connectivity index (χ4n) is 4.61.